The molecule has 17 heavy (non-hydrogen) atoms. The van der Waals surface area contributed by atoms with Crippen LogP contribution in [0.5, 0.6) is 0 Å². The molecule has 2 aromatic heterocycles. The van der Waals surface area contributed by atoms with E-state index in [4.69, 9.17) is 0 Å². The van der Waals surface area contributed by atoms with Crippen molar-refractivity contribution in [3.05, 3.63) is 48.1 Å². The molecule has 0 spiro atoms. The van der Waals surface area contributed by atoms with Crippen LogP contribution in [0.1, 0.15) is 11.1 Å². The van der Waals surface area contributed by atoms with Gasteiger partial charge in [0.15, 0.2) is 0 Å². The Morgan fingerprint density at radius 3 is 2.82 bits per heavy atom. The average Bonchev–Trinajstić information content (AvgIpc) is 2.68. The van der Waals surface area contributed by atoms with Crippen LogP contribution in [-0.4, -0.2) is 14.0 Å². The third-order valence-corrected chi connectivity index (χ3v) is 3.09. The van der Waals surface area contributed by atoms with E-state index in [1.54, 1.807) is 0 Å². The molecule has 0 aliphatic heterocycles. The summed E-state index contributed by atoms with van der Waals surface area (Å²) in [5.74, 6) is 0. The molecule has 2 aromatic rings. The first-order valence-corrected chi connectivity index (χ1v) is 7.10. The van der Waals surface area contributed by atoms with Gasteiger partial charge in [-0.1, -0.05) is 0 Å². The molecule has 2 nitrogen and oxygen atoms in total. The molecular formula is C14H14N2W. The zero-order valence-electron chi connectivity index (χ0n) is 9.92. The van der Waals surface area contributed by atoms with Crippen molar-refractivity contribution in [2.24, 2.45) is 7.05 Å². The van der Waals surface area contributed by atoms with E-state index in [1.165, 1.54) is 41.6 Å². The second-order valence-electron chi connectivity index (χ2n) is 4.04. The van der Waals surface area contributed by atoms with Crippen molar-refractivity contribution in [2.75, 3.05) is 0 Å². The van der Waals surface area contributed by atoms with Crippen LogP contribution < -0.4 is 0 Å². The summed E-state index contributed by atoms with van der Waals surface area (Å²) in [7, 11) is 2.05. The van der Waals surface area contributed by atoms with Gasteiger partial charge >= 0.3 is 113 Å². The van der Waals surface area contributed by atoms with Crippen molar-refractivity contribution in [3.63, 3.8) is 0 Å². The first kappa shape index (κ1) is 12.2. The first-order chi connectivity index (χ1) is 8.20. The van der Waals surface area contributed by atoms with E-state index in [9.17, 15) is 0 Å². The zero-order valence-corrected chi connectivity index (χ0v) is 12.9. The van der Waals surface area contributed by atoms with Gasteiger partial charge in [0.2, 0.25) is 0 Å². The Kier molecular flexibility index (Phi) is 3.85. The SMILES string of the molecule is Cc1cncc(-c2cn(C)cc2/C=C\[CH]=[W])c1. The van der Waals surface area contributed by atoms with E-state index < -0.39 is 0 Å². The van der Waals surface area contributed by atoms with E-state index in [-0.39, 0.29) is 0 Å². The Balaban J connectivity index is 2.51. The molecule has 0 fully saturated rings. The number of hydrogen-bond donors (Lipinski definition) is 0. The number of allylic oxidation sites excluding steroid dienone is 1. The Hall–Kier alpha value is -1.27. The van der Waals surface area contributed by atoms with Crippen LogP contribution in [0.4, 0.5) is 0 Å². The van der Waals surface area contributed by atoms with E-state index in [1.807, 2.05) is 19.4 Å². The van der Waals surface area contributed by atoms with Crippen LogP contribution in [0, 0.1) is 6.92 Å². The molecule has 0 unspecified atom stereocenters. The summed E-state index contributed by atoms with van der Waals surface area (Å²) in [6.45, 7) is 2.07. The Bertz CT molecular complexity index is 567. The minimum atomic E-state index is 1.17. The number of aryl methyl sites for hydroxylation is 2. The third-order valence-electron chi connectivity index (χ3n) is 2.53. The van der Waals surface area contributed by atoms with Crippen LogP contribution in [0.2, 0.25) is 0 Å². The summed E-state index contributed by atoms with van der Waals surface area (Å²) in [6, 6.07) is 2.17. The Labute approximate surface area is 112 Å². The summed E-state index contributed by atoms with van der Waals surface area (Å²) in [4.78, 5) is 4.25. The van der Waals surface area contributed by atoms with Crippen LogP contribution >= 0.6 is 0 Å². The summed E-state index contributed by atoms with van der Waals surface area (Å²) in [6.07, 6.45) is 12.3. The van der Waals surface area contributed by atoms with Gasteiger partial charge in [-0.2, -0.15) is 0 Å². The Morgan fingerprint density at radius 1 is 1.29 bits per heavy atom. The molecule has 0 aromatic carbocycles. The Morgan fingerprint density at radius 2 is 2.12 bits per heavy atom. The van der Waals surface area contributed by atoms with E-state index in [2.05, 4.69) is 51.5 Å². The van der Waals surface area contributed by atoms with Crippen LogP contribution in [0.3, 0.4) is 0 Å². The molecule has 0 aliphatic carbocycles. The predicted octanol–water partition coefficient (Wildman–Crippen LogP) is 2.76. The van der Waals surface area contributed by atoms with Crippen LogP contribution in [0.15, 0.2) is 36.9 Å². The maximum absolute atomic E-state index is 4.25. The number of hydrogen-bond acceptors (Lipinski definition) is 1. The summed E-state index contributed by atoms with van der Waals surface area (Å²) >= 11 is 1.46. The fraction of sp³-hybridized carbons (Fsp3) is 0.143. The monoisotopic (exact) mass is 394 g/mol. The molecule has 0 bridgehead atoms. The second kappa shape index (κ2) is 5.37. The molecule has 0 N–H and O–H groups in total. The zero-order chi connectivity index (χ0) is 12.3. The number of nitrogens with zero attached hydrogens (tertiary/aromatic N) is 2. The summed E-state index contributed by atoms with van der Waals surface area (Å²) in [5.41, 5.74) is 4.83. The van der Waals surface area contributed by atoms with E-state index in [0.717, 1.165) is 0 Å². The molecule has 3 heteroatoms. The first-order valence-electron chi connectivity index (χ1n) is 5.40. The summed E-state index contributed by atoms with van der Waals surface area (Å²) in [5, 5.41) is 0. The van der Waals surface area contributed by atoms with Crippen LogP contribution in [-0.2, 0) is 26.4 Å². The standard InChI is InChI=1S/C14H14N2.W/c1-4-5-12-9-16(3)10-14(12)13-6-11(2)7-15-8-13;/h1,4-10H,2-3H3;/b5-4-;. The maximum atomic E-state index is 4.25. The molecule has 0 atom stereocenters. The predicted molar refractivity (Wildman–Crippen MR) is 68.5 cm³/mol. The molecule has 2 heterocycles. The molecule has 0 saturated heterocycles. The van der Waals surface area contributed by atoms with Gasteiger partial charge in [0.1, 0.15) is 0 Å². The van der Waals surface area contributed by atoms with Crippen molar-refractivity contribution in [1.82, 2.24) is 9.55 Å². The molecular weight excluding hydrogens is 380 g/mol. The summed E-state index contributed by atoms with van der Waals surface area (Å²) < 4.78 is 4.20. The van der Waals surface area contributed by atoms with Gasteiger partial charge in [-0.25, -0.2) is 0 Å². The van der Waals surface area contributed by atoms with Gasteiger partial charge in [0.25, 0.3) is 0 Å². The molecule has 0 saturated carbocycles. The van der Waals surface area contributed by atoms with Gasteiger partial charge in [0.05, 0.1) is 0 Å². The van der Waals surface area contributed by atoms with Gasteiger partial charge in [-0.3, -0.25) is 0 Å². The molecule has 0 amide bonds. The normalized spacial score (nSPS) is 10.9. The third kappa shape index (κ3) is 2.89. The molecule has 0 radical (unpaired) electrons. The molecule has 2 rings (SSSR count). The van der Waals surface area contributed by atoms with E-state index in [0.29, 0.717) is 0 Å². The van der Waals surface area contributed by atoms with Crippen molar-refractivity contribution in [2.45, 2.75) is 6.92 Å². The van der Waals surface area contributed by atoms with Crippen molar-refractivity contribution >= 4 is 10.5 Å². The molecule has 86 valence electrons. The fourth-order valence-electron chi connectivity index (χ4n) is 1.82. The number of pyridine rings is 1. The van der Waals surface area contributed by atoms with Crippen molar-refractivity contribution < 1.29 is 19.4 Å². The second-order valence-corrected chi connectivity index (χ2v) is 5.02. The quantitative estimate of drug-likeness (QED) is 0.783. The van der Waals surface area contributed by atoms with Gasteiger partial charge in [-0.15, -0.1) is 0 Å². The van der Waals surface area contributed by atoms with Gasteiger partial charge < -0.3 is 0 Å². The molecule has 0 aliphatic rings. The number of rotatable bonds is 3. The van der Waals surface area contributed by atoms with Crippen molar-refractivity contribution in [1.29, 1.82) is 0 Å². The van der Waals surface area contributed by atoms with Crippen LogP contribution in [0.25, 0.3) is 17.2 Å². The van der Waals surface area contributed by atoms with Gasteiger partial charge in [-0.05, 0) is 0 Å². The fourth-order valence-corrected chi connectivity index (χ4v) is 2.11. The van der Waals surface area contributed by atoms with Crippen molar-refractivity contribution in [3.8, 4) is 11.1 Å². The topological polar surface area (TPSA) is 17.8 Å². The van der Waals surface area contributed by atoms with Gasteiger partial charge in [0, 0.05) is 0 Å². The average molecular weight is 394 g/mol. The minimum absolute atomic E-state index is 1.17. The number of aromatic nitrogens is 2. The van der Waals surface area contributed by atoms with E-state index >= 15 is 0 Å².